The highest BCUT2D eigenvalue weighted by atomic mass is 16.4. The first-order chi connectivity index (χ1) is 9.54. The maximum Gasteiger partial charge on any atom is 0.304 e. The van der Waals surface area contributed by atoms with E-state index in [1.165, 1.54) is 5.56 Å². The number of nitrogens with zero attached hydrogens (tertiary/aromatic N) is 1. The lowest BCUT2D eigenvalue weighted by molar-refractivity contribution is -0.139. The van der Waals surface area contributed by atoms with Crippen LogP contribution < -0.4 is 0 Å². The Labute approximate surface area is 122 Å². The molecule has 1 aromatic carbocycles. The van der Waals surface area contributed by atoms with Crippen LogP contribution in [0.3, 0.4) is 0 Å². The van der Waals surface area contributed by atoms with Crippen molar-refractivity contribution in [3.8, 4) is 0 Å². The highest BCUT2D eigenvalue weighted by Gasteiger charge is 2.24. The Morgan fingerprint density at radius 3 is 2.40 bits per heavy atom. The van der Waals surface area contributed by atoms with Gasteiger partial charge in [-0.1, -0.05) is 57.5 Å². The van der Waals surface area contributed by atoms with Crippen molar-refractivity contribution in [1.82, 2.24) is 4.90 Å². The molecule has 0 heterocycles. The quantitative estimate of drug-likeness (QED) is 0.746. The highest BCUT2D eigenvalue weighted by molar-refractivity contribution is 5.67. The van der Waals surface area contributed by atoms with Gasteiger partial charge in [0.15, 0.2) is 0 Å². The van der Waals surface area contributed by atoms with Crippen molar-refractivity contribution >= 4 is 5.97 Å². The van der Waals surface area contributed by atoms with Crippen molar-refractivity contribution in [3.63, 3.8) is 0 Å². The zero-order valence-electron chi connectivity index (χ0n) is 12.9. The molecule has 3 nitrogen and oxygen atoms in total. The summed E-state index contributed by atoms with van der Waals surface area (Å²) in [4.78, 5) is 13.4. The normalized spacial score (nSPS) is 12.8. The van der Waals surface area contributed by atoms with Crippen LogP contribution in [0.15, 0.2) is 30.3 Å². The van der Waals surface area contributed by atoms with Gasteiger partial charge in [-0.25, -0.2) is 0 Å². The summed E-state index contributed by atoms with van der Waals surface area (Å²) in [5, 5.41) is 9.15. The summed E-state index contributed by atoms with van der Waals surface area (Å²) in [6.45, 7) is 8.18. The number of aliphatic carboxylic acids is 1. The number of rotatable bonds is 9. The van der Waals surface area contributed by atoms with E-state index in [0.717, 1.165) is 25.9 Å². The molecule has 1 aromatic rings. The van der Waals surface area contributed by atoms with E-state index in [0.29, 0.717) is 5.92 Å². The lowest BCUT2D eigenvalue weighted by Gasteiger charge is -2.33. The van der Waals surface area contributed by atoms with E-state index in [4.69, 9.17) is 5.11 Å². The number of unbranched alkanes of at least 4 members (excludes halogenated alkanes) is 1. The van der Waals surface area contributed by atoms with Crippen LogP contribution >= 0.6 is 0 Å². The second kappa shape index (κ2) is 8.75. The first kappa shape index (κ1) is 16.7. The molecule has 0 spiro atoms. The fourth-order valence-electron chi connectivity index (χ4n) is 2.51. The molecule has 112 valence electrons. The third-order valence-corrected chi connectivity index (χ3v) is 3.65. The molecule has 1 atom stereocenters. The zero-order valence-corrected chi connectivity index (χ0v) is 12.9. The molecule has 0 aliphatic heterocycles. The van der Waals surface area contributed by atoms with Gasteiger partial charge in [0.2, 0.25) is 0 Å². The largest absolute Gasteiger partial charge is 0.481 e. The van der Waals surface area contributed by atoms with E-state index in [1.807, 2.05) is 18.2 Å². The van der Waals surface area contributed by atoms with Crippen LogP contribution in [-0.4, -0.2) is 28.6 Å². The van der Waals surface area contributed by atoms with Crippen molar-refractivity contribution in [2.45, 2.75) is 52.6 Å². The first-order valence-electron chi connectivity index (χ1n) is 7.54. The van der Waals surface area contributed by atoms with Crippen LogP contribution in [0.4, 0.5) is 0 Å². The number of hydrogen-bond donors (Lipinski definition) is 1. The molecule has 1 unspecified atom stereocenters. The smallest absolute Gasteiger partial charge is 0.304 e. The summed E-state index contributed by atoms with van der Waals surface area (Å²) in [6.07, 6.45) is 2.45. The Morgan fingerprint density at radius 1 is 1.25 bits per heavy atom. The third-order valence-electron chi connectivity index (χ3n) is 3.65. The number of carboxylic acids is 1. The average molecular weight is 277 g/mol. The molecule has 0 aromatic heterocycles. The van der Waals surface area contributed by atoms with Gasteiger partial charge >= 0.3 is 5.97 Å². The minimum Gasteiger partial charge on any atom is -0.481 e. The second-order valence-electron chi connectivity index (χ2n) is 5.72. The fraction of sp³-hybridized carbons (Fsp3) is 0.588. The molecule has 0 saturated carbocycles. The Hall–Kier alpha value is -1.35. The van der Waals surface area contributed by atoms with Crippen molar-refractivity contribution in [2.75, 3.05) is 6.54 Å². The standard InChI is InChI=1S/C17H27NO2/c1-4-5-11-18(13-15-9-7-6-8-10-15)16(14(2)3)12-17(19)20/h6-10,14,16H,4-5,11-13H2,1-3H3,(H,19,20). The highest BCUT2D eigenvalue weighted by Crippen LogP contribution is 2.19. The van der Waals surface area contributed by atoms with Crippen molar-refractivity contribution < 1.29 is 9.90 Å². The van der Waals surface area contributed by atoms with Gasteiger partial charge in [-0.05, 0) is 24.4 Å². The Morgan fingerprint density at radius 2 is 1.90 bits per heavy atom. The topological polar surface area (TPSA) is 40.5 Å². The van der Waals surface area contributed by atoms with Crippen molar-refractivity contribution in [3.05, 3.63) is 35.9 Å². The lowest BCUT2D eigenvalue weighted by atomic mass is 9.98. The predicted octanol–water partition coefficient (Wildman–Crippen LogP) is 3.79. The molecule has 3 heteroatoms. The number of benzene rings is 1. The van der Waals surface area contributed by atoms with Crippen LogP contribution in [0.5, 0.6) is 0 Å². The predicted molar refractivity (Wildman–Crippen MR) is 82.6 cm³/mol. The molecule has 0 saturated heterocycles. The molecule has 1 rings (SSSR count). The number of carboxylic acid groups (broad SMARTS) is 1. The van der Waals surface area contributed by atoms with Gasteiger partial charge in [0, 0.05) is 12.6 Å². The van der Waals surface area contributed by atoms with Crippen LogP contribution in [-0.2, 0) is 11.3 Å². The SMILES string of the molecule is CCCCN(Cc1ccccc1)C(CC(=O)O)C(C)C. The van der Waals surface area contributed by atoms with Gasteiger partial charge in [-0.15, -0.1) is 0 Å². The van der Waals surface area contributed by atoms with Gasteiger partial charge in [0.05, 0.1) is 6.42 Å². The van der Waals surface area contributed by atoms with Crippen LogP contribution in [0.2, 0.25) is 0 Å². The van der Waals surface area contributed by atoms with E-state index in [1.54, 1.807) is 0 Å². The zero-order chi connectivity index (χ0) is 15.0. The van der Waals surface area contributed by atoms with Gasteiger partial charge < -0.3 is 5.11 Å². The molecule has 20 heavy (non-hydrogen) atoms. The minimum atomic E-state index is -0.710. The molecular weight excluding hydrogens is 250 g/mol. The van der Waals surface area contributed by atoms with Crippen molar-refractivity contribution in [1.29, 1.82) is 0 Å². The van der Waals surface area contributed by atoms with Gasteiger partial charge in [-0.3, -0.25) is 9.69 Å². The van der Waals surface area contributed by atoms with Crippen LogP contribution in [0, 0.1) is 5.92 Å². The summed E-state index contributed by atoms with van der Waals surface area (Å²) in [6, 6.07) is 10.4. The summed E-state index contributed by atoms with van der Waals surface area (Å²) in [5.41, 5.74) is 1.25. The molecule has 1 N–H and O–H groups in total. The van der Waals surface area contributed by atoms with Crippen molar-refractivity contribution in [2.24, 2.45) is 5.92 Å². The monoisotopic (exact) mass is 277 g/mol. The second-order valence-corrected chi connectivity index (χ2v) is 5.72. The van der Waals surface area contributed by atoms with Gasteiger partial charge in [-0.2, -0.15) is 0 Å². The van der Waals surface area contributed by atoms with Gasteiger partial charge in [0.25, 0.3) is 0 Å². The Bertz CT molecular complexity index is 389. The first-order valence-corrected chi connectivity index (χ1v) is 7.54. The lowest BCUT2D eigenvalue weighted by Crippen LogP contribution is -2.40. The van der Waals surface area contributed by atoms with Gasteiger partial charge in [0.1, 0.15) is 0 Å². The maximum atomic E-state index is 11.1. The van der Waals surface area contributed by atoms with E-state index in [2.05, 4.69) is 37.8 Å². The Kier molecular flexibility index (Phi) is 7.31. The number of carbonyl (C=O) groups is 1. The molecule has 0 aliphatic rings. The summed E-state index contributed by atoms with van der Waals surface area (Å²) < 4.78 is 0. The van der Waals surface area contributed by atoms with E-state index in [-0.39, 0.29) is 12.5 Å². The molecular formula is C17H27NO2. The third kappa shape index (κ3) is 5.74. The summed E-state index contributed by atoms with van der Waals surface area (Å²) >= 11 is 0. The van der Waals surface area contributed by atoms with E-state index < -0.39 is 5.97 Å². The molecule has 0 aliphatic carbocycles. The van der Waals surface area contributed by atoms with Crippen LogP contribution in [0.1, 0.15) is 45.6 Å². The minimum absolute atomic E-state index is 0.0965. The molecule has 0 amide bonds. The molecule has 0 fully saturated rings. The summed E-state index contributed by atoms with van der Waals surface area (Å²) in [5.74, 6) is -0.370. The molecule has 0 radical (unpaired) electrons. The molecule has 0 bridgehead atoms. The van der Waals surface area contributed by atoms with E-state index >= 15 is 0 Å². The average Bonchev–Trinajstić information content (AvgIpc) is 2.41. The van der Waals surface area contributed by atoms with E-state index in [9.17, 15) is 4.79 Å². The maximum absolute atomic E-state index is 11.1. The Balaban J connectivity index is 2.81. The number of hydrogen-bond acceptors (Lipinski definition) is 2. The fourth-order valence-corrected chi connectivity index (χ4v) is 2.51. The van der Waals surface area contributed by atoms with Crippen LogP contribution in [0.25, 0.3) is 0 Å². The summed E-state index contributed by atoms with van der Waals surface area (Å²) in [7, 11) is 0.